The summed E-state index contributed by atoms with van der Waals surface area (Å²) in [4.78, 5) is 18.5. The molecule has 3 rings (SSSR count). The van der Waals surface area contributed by atoms with Crippen LogP contribution in [0.15, 0.2) is 42.7 Å². The number of rotatable bonds is 7. The van der Waals surface area contributed by atoms with Crippen LogP contribution in [-0.4, -0.2) is 49.8 Å². The number of carbonyl (C=O) groups excluding carboxylic acids is 1. The molecule has 2 aromatic rings. The van der Waals surface area contributed by atoms with Crippen molar-refractivity contribution in [2.75, 3.05) is 33.9 Å². The van der Waals surface area contributed by atoms with Crippen molar-refractivity contribution in [1.29, 1.82) is 0 Å². The van der Waals surface area contributed by atoms with Gasteiger partial charge in [0, 0.05) is 32.0 Å². The maximum atomic E-state index is 12.4. The molecule has 0 saturated carbocycles. The zero-order chi connectivity index (χ0) is 19.1. The first kappa shape index (κ1) is 19.0. The number of amides is 2. The van der Waals surface area contributed by atoms with Crippen molar-refractivity contribution in [3.05, 3.63) is 53.9 Å². The van der Waals surface area contributed by atoms with Crippen LogP contribution in [0.2, 0.25) is 0 Å². The average Bonchev–Trinajstić information content (AvgIpc) is 3.17. The van der Waals surface area contributed by atoms with Gasteiger partial charge in [-0.2, -0.15) is 0 Å². The number of hydrogen-bond donors (Lipinski definition) is 1. The Bertz CT molecular complexity index is 752. The summed E-state index contributed by atoms with van der Waals surface area (Å²) >= 11 is 0. The van der Waals surface area contributed by atoms with Crippen LogP contribution in [0.25, 0.3) is 0 Å². The number of ether oxygens (including phenoxy) is 2. The molecule has 1 aliphatic rings. The monoisotopic (exact) mass is 369 g/mol. The van der Waals surface area contributed by atoms with Gasteiger partial charge in [-0.25, -0.2) is 4.79 Å². The van der Waals surface area contributed by atoms with Gasteiger partial charge in [0.2, 0.25) is 0 Å². The number of methoxy groups -OCH3 is 2. The molecule has 2 heterocycles. The van der Waals surface area contributed by atoms with E-state index in [2.05, 4.69) is 16.4 Å². The minimum absolute atomic E-state index is 0.0177. The number of hydrogen-bond acceptors (Lipinski definition) is 4. The molecule has 6 heteroatoms. The fourth-order valence-corrected chi connectivity index (χ4v) is 3.50. The SMILES string of the molecule is COc1ccc(CCNC(=O)N2CCC(Cc3cccnc3)C2)cc1OC. The van der Waals surface area contributed by atoms with Crippen molar-refractivity contribution in [2.24, 2.45) is 5.92 Å². The average molecular weight is 369 g/mol. The lowest BCUT2D eigenvalue weighted by atomic mass is 10.0. The Balaban J connectivity index is 1.43. The standard InChI is InChI=1S/C21H27N3O3/c1-26-19-6-5-16(13-20(19)27-2)7-10-23-21(25)24-11-8-18(15-24)12-17-4-3-9-22-14-17/h3-6,9,13-14,18H,7-8,10-12,15H2,1-2H3,(H,23,25). The molecule has 27 heavy (non-hydrogen) atoms. The quantitative estimate of drug-likeness (QED) is 0.815. The van der Waals surface area contributed by atoms with Crippen molar-refractivity contribution in [1.82, 2.24) is 15.2 Å². The second kappa shape index (κ2) is 9.26. The van der Waals surface area contributed by atoms with Crippen LogP contribution in [0.4, 0.5) is 4.79 Å². The number of pyridine rings is 1. The molecule has 2 amide bonds. The lowest BCUT2D eigenvalue weighted by molar-refractivity contribution is 0.207. The molecule has 1 aliphatic heterocycles. The molecule has 1 aromatic carbocycles. The molecule has 1 N–H and O–H groups in total. The number of nitrogens with one attached hydrogen (secondary N) is 1. The van der Waals surface area contributed by atoms with Crippen molar-refractivity contribution < 1.29 is 14.3 Å². The number of carbonyl (C=O) groups is 1. The zero-order valence-corrected chi connectivity index (χ0v) is 16.0. The summed E-state index contributed by atoms with van der Waals surface area (Å²) in [5, 5.41) is 3.03. The Hall–Kier alpha value is -2.76. The third-order valence-corrected chi connectivity index (χ3v) is 4.96. The summed E-state index contributed by atoms with van der Waals surface area (Å²) in [6, 6.07) is 9.91. The fraction of sp³-hybridized carbons (Fsp3) is 0.429. The van der Waals surface area contributed by atoms with Gasteiger partial charge in [0.05, 0.1) is 14.2 Å². The predicted octanol–water partition coefficient (Wildman–Crippen LogP) is 2.92. The van der Waals surface area contributed by atoms with Crippen molar-refractivity contribution >= 4 is 6.03 Å². The smallest absolute Gasteiger partial charge is 0.317 e. The second-order valence-electron chi connectivity index (χ2n) is 6.84. The van der Waals surface area contributed by atoms with E-state index < -0.39 is 0 Å². The molecule has 0 spiro atoms. The number of likely N-dealkylation sites (tertiary alicyclic amines) is 1. The molecular formula is C21H27N3O3. The first-order chi connectivity index (χ1) is 13.2. The third-order valence-electron chi connectivity index (χ3n) is 4.96. The number of nitrogens with zero attached hydrogens (tertiary/aromatic N) is 2. The van der Waals surface area contributed by atoms with E-state index in [1.54, 1.807) is 20.4 Å². The van der Waals surface area contributed by atoms with Gasteiger partial charge < -0.3 is 19.7 Å². The maximum Gasteiger partial charge on any atom is 0.317 e. The molecule has 0 radical (unpaired) electrons. The number of benzene rings is 1. The summed E-state index contributed by atoms with van der Waals surface area (Å²) in [7, 11) is 3.24. The van der Waals surface area contributed by atoms with Crippen molar-refractivity contribution in [3.63, 3.8) is 0 Å². The molecular weight excluding hydrogens is 342 g/mol. The van der Waals surface area contributed by atoms with E-state index in [4.69, 9.17) is 9.47 Å². The van der Waals surface area contributed by atoms with Gasteiger partial charge in [-0.3, -0.25) is 4.98 Å². The molecule has 1 saturated heterocycles. The van der Waals surface area contributed by atoms with E-state index >= 15 is 0 Å². The summed E-state index contributed by atoms with van der Waals surface area (Å²) in [5.41, 5.74) is 2.34. The van der Waals surface area contributed by atoms with Crippen LogP contribution < -0.4 is 14.8 Å². The van der Waals surface area contributed by atoms with Gasteiger partial charge in [-0.15, -0.1) is 0 Å². The highest BCUT2D eigenvalue weighted by Crippen LogP contribution is 2.27. The zero-order valence-electron chi connectivity index (χ0n) is 16.0. The first-order valence-electron chi connectivity index (χ1n) is 9.32. The Morgan fingerprint density at radius 1 is 1.22 bits per heavy atom. The molecule has 0 bridgehead atoms. The highest BCUT2D eigenvalue weighted by molar-refractivity contribution is 5.74. The fourth-order valence-electron chi connectivity index (χ4n) is 3.50. The highest BCUT2D eigenvalue weighted by Gasteiger charge is 2.26. The summed E-state index contributed by atoms with van der Waals surface area (Å²) in [6.45, 7) is 2.21. The van der Waals surface area contributed by atoms with Crippen LogP contribution in [0, 0.1) is 5.92 Å². The first-order valence-corrected chi connectivity index (χ1v) is 9.32. The molecule has 1 fully saturated rings. The summed E-state index contributed by atoms with van der Waals surface area (Å²) in [5.74, 6) is 1.92. The molecule has 1 aromatic heterocycles. The van der Waals surface area contributed by atoms with E-state index in [0.717, 1.165) is 37.9 Å². The molecule has 1 atom stereocenters. The lowest BCUT2D eigenvalue weighted by Gasteiger charge is -2.17. The van der Waals surface area contributed by atoms with Crippen LogP contribution in [-0.2, 0) is 12.8 Å². The minimum atomic E-state index is 0.0177. The van der Waals surface area contributed by atoms with Gasteiger partial charge in [0.15, 0.2) is 11.5 Å². The number of urea groups is 1. The van der Waals surface area contributed by atoms with Crippen LogP contribution >= 0.6 is 0 Å². The normalized spacial score (nSPS) is 16.2. The summed E-state index contributed by atoms with van der Waals surface area (Å²) in [6.07, 6.45) is 6.46. The van der Waals surface area contributed by atoms with E-state index in [-0.39, 0.29) is 6.03 Å². The van der Waals surface area contributed by atoms with E-state index in [0.29, 0.717) is 24.0 Å². The molecule has 1 unspecified atom stereocenters. The largest absolute Gasteiger partial charge is 0.493 e. The van der Waals surface area contributed by atoms with E-state index in [9.17, 15) is 4.79 Å². The molecule has 144 valence electrons. The Kier molecular flexibility index (Phi) is 6.52. The summed E-state index contributed by atoms with van der Waals surface area (Å²) < 4.78 is 10.6. The van der Waals surface area contributed by atoms with E-state index in [1.165, 1.54) is 5.56 Å². The predicted molar refractivity (Wildman–Crippen MR) is 104 cm³/mol. The van der Waals surface area contributed by atoms with Crippen LogP contribution in [0.3, 0.4) is 0 Å². The Labute approximate surface area is 160 Å². The number of aromatic nitrogens is 1. The third kappa shape index (κ3) is 5.12. The van der Waals surface area contributed by atoms with Crippen molar-refractivity contribution in [2.45, 2.75) is 19.3 Å². The maximum absolute atomic E-state index is 12.4. The van der Waals surface area contributed by atoms with E-state index in [1.807, 2.05) is 35.4 Å². The Morgan fingerprint density at radius 2 is 2.07 bits per heavy atom. The lowest BCUT2D eigenvalue weighted by Crippen LogP contribution is -2.39. The van der Waals surface area contributed by atoms with Gasteiger partial charge in [0.1, 0.15) is 0 Å². The minimum Gasteiger partial charge on any atom is -0.493 e. The van der Waals surface area contributed by atoms with Crippen LogP contribution in [0.1, 0.15) is 17.5 Å². The molecule has 0 aliphatic carbocycles. The van der Waals surface area contributed by atoms with Gasteiger partial charge in [-0.05, 0) is 54.5 Å². The Morgan fingerprint density at radius 3 is 2.81 bits per heavy atom. The second-order valence-corrected chi connectivity index (χ2v) is 6.84. The topological polar surface area (TPSA) is 63.7 Å². The van der Waals surface area contributed by atoms with Crippen LogP contribution in [0.5, 0.6) is 11.5 Å². The highest BCUT2D eigenvalue weighted by atomic mass is 16.5. The van der Waals surface area contributed by atoms with Gasteiger partial charge in [0.25, 0.3) is 0 Å². The molecule has 6 nitrogen and oxygen atoms in total. The van der Waals surface area contributed by atoms with Gasteiger partial charge in [-0.1, -0.05) is 12.1 Å². The van der Waals surface area contributed by atoms with Gasteiger partial charge >= 0.3 is 6.03 Å². The van der Waals surface area contributed by atoms with Crippen molar-refractivity contribution in [3.8, 4) is 11.5 Å².